The van der Waals surface area contributed by atoms with Crippen molar-refractivity contribution in [3.8, 4) is 0 Å². The molecule has 3 aromatic rings. The fraction of sp³-hybridized carbons (Fsp3) is 0.280. The van der Waals surface area contributed by atoms with E-state index in [1.807, 2.05) is 18.2 Å². The minimum absolute atomic E-state index is 0.106. The maximum atomic E-state index is 12.8. The number of nitrogens with one attached hydrogen (secondary N) is 1. The molecule has 1 amide bonds. The number of anilines is 3. The number of rotatable bonds is 4. The number of amides is 1. The number of pyridine rings is 1. The summed E-state index contributed by atoms with van der Waals surface area (Å²) in [7, 11) is 0. The summed E-state index contributed by atoms with van der Waals surface area (Å²) in [4.78, 5) is 22.0. The smallest absolute Gasteiger partial charge is 0.255 e. The van der Waals surface area contributed by atoms with Gasteiger partial charge in [0, 0.05) is 49.3 Å². The molecule has 30 heavy (non-hydrogen) atoms. The lowest BCUT2D eigenvalue weighted by molar-refractivity contribution is 0.102. The molecule has 2 aliphatic heterocycles. The fourth-order valence-electron chi connectivity index (χ4n) is 4.36. The Hall–Kier alpha value is -3.34. The van der Waals surface area contributed by atoms with E-state index in [-0.39, 0.29) is 5.91 Å². The van der Waals surface area contributed by atoms with Crippen LogP contribution in [0.15, 0.2) is 66.9 Å². The second-order valence-corrected chi connectivity index (χ2v) is 8.04. The summed E-state index contributed by atoms with van der Waals surface area (Å²) >= 11 is 0. The van der Waals surface area contributed by atoms with E-state index in [9.17, 15) is 4.79 Å². The molecule has 5 nitrogen and oxygen atoms in total. The van der Waals surface area contributed by atoms with Crippen LogP contribution in [0.25, 0.3) is 0 Å². The average molecular weight is 399 g/mol. The van der Waals surface area contributed by atoms with Crippen LogP contribution in [0.4, 0.5) is 17.2 Å². The van der Waals surface area contributed by atoms with E-state index < -0.39 is 0 Å². The normalized spacial score (nSPS) is 15.7. The van der Waals surface area contributed by atoms with Crippen LogP contribution in [0.1, 0.15) is 34.3 Å². The van der Waals surface area contributed by atoms with E-state index in [2.05, 4.69) is 56.5 Å². The van der Waals surface area contributed by atoms with E-state index in [1.165, 1.54) is 29.7 Å². The minimum Gasteiger partial charge on any atom is -0.372 e. The van der Waals surface area contributed by atoms with Gasteiger partial charge in [0.2, 0.25) is 0 Å². The molecule has 152 valence electrons. The number of hydrogen-bond donors (Lipinski definition) is 1. The first-order valence-corrected chi connectivity index (χ1v) is 10.7. The summed E-state index contributed by atoms with van der Waals surface area (Å²) in [5, 5.41) is 3.02. The highest BCUT2D eigenvalue weighted by atomic mass is 16.1. The molecule has 1 saturated heterocycles. The zero-order chi connectivity index (χ0) is 20.3. The van der Waals surface area contributed by atoms with E-state index in [0.29, 0.717) is 5.56 Å². The zero-order valence-electron chi connectivity index (χ0n) is 17.1. The number of carbonyl (C=O) groups excluding carboxylic acids is 1. The fourth-order valence-corrected chi connectivity index (χ4v) is 4.36. The lowest BCUT2D eigenvalue weighted by Crippen LogP contribution is -2.31. The molecule has 0 bridgehead atoms. The van der Waals surface area contributed by atoms with Crippen LogP contribution >= 0.6 is 0 Å². The van der Waals surface area contributed by atoms with Crippen molar-refractivity contribution in [3.63, 3.8) is 0 Å². The number of carbonyl (C=O) groups is 1. The molecular formula is C25H26N4O. The number of benzene rings is 2. The largest absolute Gasteiger partial charge is 0.372 e. The predicted octanol–water partition coefficient (Wildman–Crippen LogP) is 4.50. The average Bonchev–Trinajstić information content (AvgIpc) is 3.34. The molecule has 0 spiro atoms. The van der Waals surface area contributed by atoms with Crippen molar-refractivity contribution in [2.75, 3.05) is 34.8 Å². The molecule has 0 aliphatic carbocycles. The molecule has 1 fully saturated rings. The Morgan fingerprint density at radius 3 is 2.43 bits per heavy atom. The van der Waals surface area contributed by atoms with Gasteiger partial charge >= 0.3 is 0 Å². The molecule has 1 aromatic heterocycles. The maximum absolute atomic E-state index is 12.8. The van der Waals surface area contributed by atoms with Gasteiger partial charge in [-0.1, -0.05) is 24.3 Å². The molecule has 0 saturated carbocycles. The third kappa shape index (κ3) is 3.88. The van der Waals surface area contributed by atoms with Gasteiger partial charge in [0.15, 0.2) is 0 Å². The van der Waals surface area contributed by atoms with Crippen LogP contribution in [0.3, 0.4) is 0 Å². The first-order valence-electron chi connectivity index (χ1n) is 10.7. The molecule has 2 aliphatic rings. The Bertz CT molecular complexity index is 1040. The van der Waals surface area contributed by atoms with Gasteiger partial charge in [-0.3, -0.25) is 4.79 Å². The number of nitrogens with zero attached hydrogens (tertiary/aromatic N) is 3. The van der Waals surface area contributed by atoms with Crippen molar-refractivity contribution in [2.24, 2.45) is 0 Å². The Kier molecular flexibility index (Phi) is 5.10. The summed E-state index contributed by atoms with van der Waals surface area (Å²) in [6.45, 7) is 3.97. The van der Waals surface area contributed by atoms with Gasteiger partial charge < -0.3 is 15.1 Å². The van der Waals surface area contributed by atoms with Crippen molar-refractivity contribution in [1.82, 2.24) is 4.98 Å². The monoisotopic (exact) mass is 398 g/mol. The lowest BCUT2D eigenvalue weighted by atomic mass is 10.00. The standard InChI is InChI=1S/C25H26N4O/c30-25(27-22-7-9-23(10-8-22)28-14-3-4-15-28)20-11-13-26-24(17-20)29-16-12-19-5-1-2-6-21(19)18-29/h1-2,5-11,13,17H,3-4,12,14-16,18H2,(H,27,30). The molecule has 2 aromatic carbocycles. The highest BCUT2D eigenvalue weighted by Gasteiger charge is 2.18. The summed E-state index contributed by atoms with van der Waals surface area (Å²) in [6.07, 6.45) is 5.23. The van der Waals surface area contributed by atoms with Gasteiger partial charge in [0.25, 0.3) is 5.91 Å². The Morgan fingerprint density at radius 2 is 1.63 bits per heavy atom. The van der Waals surface area contributed by atoms with Gasteiger partial charge in [0.1, 0.15) is 5.82 Å². The lowest BCUT2D eigenvalue weighted by Gasteiger charge is -2.29. The predicted molar refractivity (Wildman–Crippen MR) is 121 cm³/mol. The molecule has 5 rings (SSSR count). The minimum atomic E-state index is -0.106. The summed E-state index contributed by atoms with van der Waals surface area (Å²) in [5.41, 5.74) is 5.40. The van der Waals surface area contributed by atoms with Gasteiger partial charge in [-0.25, -0.2) is 4.98 Å². The first kappa shape index (κ1) is 18.7. The van der Waals surface area contributed by atoms with Crippen molar-refractivity contribution < 1.29 is 4.79 Å². The van der Waals surface area contributed by atoms with E-state index >= 15 is 0 Å². The highest BCUT2D eigenvalue weighted by Crippen LogP contribution is 2.25. The second-order valence-electron chi connectivity index (χ2n) is 8.04. The number of fused-ring (bicyclic) bond motifs is 1. The quantitative estimate of drug-likeness (QED) is 0.703. The van der Waals surface area contributed by atoms with Gasteiger partial charge in [-0.2, -0.15) is 0 Å². The first-order chi connectivity index (χ1) is 14.8. The van der Waals surface area contributed by atoms with Crippen LogP contribution in [0.2, 0.25) is 0 Å². The third-order valence-electron chi connectivity index (χ3n) is 6.06. The third-order valence-corrected chi connectivity index (χ3v) is 6.06. The Balaban J connectivity index is 1.27. The highest BCUT2D eigenvalue weighted by molar-refractivity contribution is 6.04. The van der Waals surface area contributed by atoms with Gasteiger partial charge in [0.05, 0.1) is 0 Å². The van der Waals surface area contributed by atoms with Gasteiger partial charge in [-0.05, 0) is 66.8 Å². The van der Waals surface area contributed by atoms with Crippen LogP contribution in [-0.2, 0) is 13.0 Å². The van der Waals surface area contributed by atoms with Crippen molar-refractivity contribution in [2.45, 2.75) is 25.8 Å². The second kappa shape index (κ2) is 8.19. The Morgan fingerprint density at radius 1 is 0.867 bits per heavy atom. The molecule has 3 heterocycles. The number of aromatic nitrogens is 1. The molecule has 0 atom stereocenters. The topological polar surface area (TPSA) is 48.5 Å². The van der Waals surface area contributed by atoms with Crippen molar-refractivity contribution in [1.29, 1.82) is 0 Å². The van der Waals surface area contributed by atoms with Crippen molar-refractivity contribution >= 4 is 23.1 Å². The molecular weight excluding hydrogens is 372 g/mol. The van der Waals surface area contributed by atoms with E-state index in [4.69, 9.17) is 0 Å². The summed E-state index contributed by atoms with van der Waals surface area (Å²) in [6, 6.07) is 20.3. The van der Waals surface area contributed by atoms with Crippen molar-refractivity contribution in [3.05, 3.63) is 83.6 Å². The molecule has 5 heteroatoms. The molecule has 0 radical (unpaired) electrons. The number of hydrogen-bond acceptors (Lipinski definition) is 4. The van der Waals surface area contributed by atoms with Crippen LogP contribution in [0, 0.1) is 0 Å². The SMILES string of the molecule is O=C(Nc1ccc(N2CCCC2)cc1)c1ccnc(N2CCc3ccccc3C2)c1. The van der Waals surface area contributed by atoms with E-state index in [1.54, 1.807) is 12.3 Å². The summed E-state index contributed by atoms with van der Waals surface area (Å²) < 4.78 is 0. The van der Waals surface area contributed by atoms with Crippen LogP contribution in [0.5, 0.6) is 0 Å². The van der Waals surface area contributed by atoms with E-state index in [0.717, 1.165) is 44.1 Å². The van der Waals surface area contributed by atoms with Gasteiger partial charge in [-0.15, -0.1) is 0 Å². The maximum Gasteiger partial charge on any atom is 0.255 e. The molecule has 0 unspecified atom stereocenters. The zero-order valence-corrected chi connectivity index (χ0v) is 17.1. The molecule has 1 N–H and O–H groups in total. The van der Waals surface area contributed by atoms with Crippen LogP contribution < -0.4 is 15.1 Å². The summed E-state index contributed by atoms with van der Waals surface area (Å²) in [5.74, 6) is 0.742. The Labute approximate surface area is 177 Å². The van der Waals surface area contributed by atoms with Crippen LogP contribution in [-0.4, -0.2) is 30.5 Å².